The third kappa shape index (κ3) is 4.39. The molecule has 0 radical (unpaired) electrons. The van der Waals surface area contributed by atoms with Crippen LogP contribution in [0.2, 0.25) is 0 Å². The van der Waals surface area contributed by atoms with Gasteiger partial charge in [0, 0.05) is 18.4 Å². The van der Waals surface area contributed by atoms with Gasteiger partial charge in [0.25, 0.3) is 5.91 Å². The molecule has 2 aromatic carbocycles. The minimum atomic E-state index is -0.441. The number of benzene rings is 2. The second-order valence-electron chi connectivity index (χ2n) is 6.43. The van der Waals surface area contributed by atoms with Gasteiger partial charge in [0.05, 0.1) is 0 Å². The van der Waals surface area contributed by atoms with Crippen LogP contribution in [0.5, 0.6) is 11.5 Å². The van der Waals surface area contributed by atoms with Crippen molar-refractivity contribution >= 4 is 11.6 Å². The molecule has 1 heterocycles. The number of rotatable bonds is 6. The largest absolute Gasteiger partial charge is 0.454 e. The molecule has 0 saturated carbocycles. The Bertz CT molecular complexity index is 913. The van der Waals surface area contributed by atoms with E-state index < -0.39 is 5.91 Å². The highest BCUT2D eigenvalue weighted by Gasteiger charge is 2.14. The van der Waals surface area contributed by atoms with Crippen LogP contribution in [0.1, 0.15) is 30.9 Å². The monoisotopic (exact) mass is 363 g/mol. The molecule has 27 heavy (non-hydrogen) atoms. The van der Waals surface area contributed by atoms with E-state index in [9.17, 15) is 10.1 Å². The average Bonchev–Trinajstić information content (AvgIpc) is 3.13. The highest BCUT2D eigenvalue weighted by Crippen LogP contribution is 2.32. The normalized spacial score (nSPS) is 12.6. The van der Waals surface area contributed by atoms with Crippen molar-refractivity contribution in [1.82, 2.24) is 5.32 Å². The number of nitriles is 1. The van der Waals surface area contributed by atoms with E-state index in [-0.39, 0.29) is 18.3 Å². The van der Waals surface area contributed by atoms with E-state index in [1.54, 1.807) is 0 Å². The summed E-state index contributed by atoms with van der Waals surface area (Å²) >= 11 is 0. The van der Waals surface area contributed by atoms with E-state index in [1.165, 1.54) is 6.20 Å². The first kappa shape index (κ1) is 18.3. The summed E-state index contributed by atoms with van der Waals surface area (Å²) in [5.41, 5.74) is 2.71. The van der Waals surface area contributed by atoms with Crippen LogP contribution >= 0.6 is 0 Å². The molecule has 3 rings (SSSR count). The summed E-state index contributed by atoms with van der Waals surface area (Å²) in [6.07, 6.45) is 1.43. The number of fused-ring (bicyclic) bond motifs is 1. The highest BCUT2D eigenvalue weighted by atomic mass is 16.7. The molecule has 0 atom stereocenters. The summed E-state index contributed by atoms with van der Waals surface area (Å²) in [4.78, 5) is 12.4. The number of carbonyl (C=O) groups is 1. The summed E-state index contributed by atoms with van der Waals surface area (Å²) in [6, 6.07) is 15.1. The maximum atomic E-state index is 12.4. The second-order valence-corrected chi connectivity index (χ2v) is 6.43. The van der Waals surface area contributed by atoms with Gasteiger partial charge >= 0.3 is 0 Å². The van der Waals surface area contributed by atoms with Crippen LogP contribution < -0.4 is 20.1 Å². The topological polar surface area (TPSA) is 83.4 Å². The fourth-order valence-corrected chi connectivity index (χ4v) is 2.77. The van der Waals surface area contributed by atoms with Gasteiger partial charge in [-0.05, 0) is 35.2 Å². The number of anilines is 1. The van der Waals surface area contributed by atoms with Crippen molar-refractivity contribution in [1.29, 1.82) is 5.26 Å². The van der Waals surface area contributed by atoms with Crippen LogP contribution in [0, 0.1) is 11.3 Å². The number of hydrogen-bond donors (Lipinski definition) is 2. The molecule has 0 bridgehead atoms. The fourth-order valence-electron chi connectivity index (χ4n) is 2.77. The molecule has 1 aliphatic rings. The van der Waals surface area contributed by atoms with E-state index in [0.717, 1.165) is 22.6 Å². The zero-order valence-electron chi connectivity index (χ0n) is 15.3. The zero-order chi connectivity index (χ0) is 19.2. The number of ether oxygens (including phenoxy) is 2. The Kier molecular flexibility index (Phi) is 5.62. The van der Waals surface area contributed by atoms with Crippen molar-refractivity contribution < 1.29 is 14.3 Å². The molecule has 6 nitrogen and oxygen atoms in total. The SMILES string of the molecule is CC(C)c1ccccc1NC(=O)/C(C#N)=C\NCc1ccc2c(c1)OCO2. The second kappa shape index (κ2) is 8.28. The third-order valence-corrected chi connectivity index (χ3v) is 4.19. The first-order chi connectivity index (χ1) is 13.1. The summed E-state index contributed by atoms with van der Waals surface area (Å²) in [7, 11) is 0. The number of para-hydroxylation sites is 1. The lowest BCUT2D eigenvalue weighted by molar-refractivity contribution is -0.112. The van der Waals surface area contributed by atoms with Crippen LogP contribution in [-0.2, 0) is 11.3 Å². The van der Waals surface area contributed by atoms with Crippen LogP contribution in [0.15, 0.2) is 54.2 Å². The summed E-state index contributed by atoms with van der Waals surface area (Å²) in [5.74, 6) is 1.24. The molecule has 2 aromatic rings. The summed E-state index contributed by atoms with van der Waals surface area (Å²) < 4.78 is 10.6. The molecule has 0 unspecified atom stereocenters. The van der Waals surface area contributed by atoms with Gasteiger partial charge in [-0.1, -0.05) is 38.1 Å². The molecule has 0 spiro atoms. The lowest BCUT2D eigenvalue weighted by Gasteiger charge is -2.13. The molecule has 0 saturated heterocycles. The maximum absolute atomic E-state index is 12.4. The number of hydrogen-bond acceptors (Lipinski definition) is 5. The molecule has 1 aliphatic heterocycles. The van der Waals surface area contributed by atoms with Gasteiger partial charge in [0.1, 0.15) is 11.6 Å². The number of carbonyl (C=O) groups excluding carboxylic acids is 1. The van der Waals surface area contributed by atoms with E-state index >= 15 is 0 Å². The summed E-state index contributed by atoms with van der Waals surface area (Å²) in [5, 5.41) is 15.1. The van der Waals surface area contributed by atoms with Crippen molar-refractivity contribution in [3.05, 3.63) is 65.4 Å². The zero-order valence-corrected chi connectivity index (χ0v) is 15.3. The van der Waals surface area contributed by atoms with Crippen molar-refractivity contribution in [3.8, 4) is 17.6 Å². The maximum Gasteiger partial charge on any atom is 0.267 e. The molecule has 0 aliphatic carbocycles. The average molecular weight is 363 g/mol. The minimum absolute atomic E-state index is 0.00861. The highest BCUT2D eigenvalue weighted by molar-refractivity contribution is 6.06. The quantitative estimate of drug-likeness (QED) is 0.604. The van der Waals surface area contributed by atoms with Crippen molar-refractivity contribution in [3.63, 3.8) is 0 Å². The molecule has 0 aromatic heterocycles. The third-order valence-electron chi connectivity index (χ3n) is 4.19. The van der Waals surface area contributed by atoms with Crippen LogP contribution in [0.3, 0.4) is 0 Å². The van der Waals surface area contributed by atoms with E-state index in [1.807, 2.05) is 48.5 Å². The predicted octanol–water partition coefficient (Wildman–Crippen LogP) is 3.67. The Hall–Kier alpha value is -3.46. The van der Waals surface area contributed by atoms with Gasteiger partial charge < -0.3 is 20.1 Å². The first-order valence-corrected chi connectivity index (χ1v) is 8.71. The smallest absolute Gasteiger partial charge is 0.267 e. The number of amides is 1. The van der Waals surface area contributed by atoms with E-state index in [4.69, 9.17) is 9.47 Å². The van der Waals surface area contributed by atoms with Crippen LogP contribution in [-0.4, -0.2) is 12.7 Å². The standard InChI is InChI=1S/C21H21N3O3/c1-14(2)17-5-3-4-6-18(17)24-21(25)16(10-22)12-23-11-15-7-8-19-20(9-15)27-13-26-19/h3-9,12,14,23H,11,13H2,1-2H3,(H,24,25)/b16-12-. The van der Waals surface area contributed by atoms with Gasteiger partial charge in [0.2, 0.25) is 6.79 Å². The molecule has 6 heteroatoms. The van der Waals surface area contributed by atoms with Crippen molar-refractivity contribution in [2.45, 2.75) is 26.3 Å². The summed E-state index contributed by atoms with van der Waals surface area (Å²) in [6.45, 7) is 4.79. The molecular formula is C21H21N3O3. The van der Waals surface area contributed by atoms with Gasteiger partial charge in [-0.2, -0.15) is 5.26 Å². The Morgan fingerprint density at radius 2 is 2.00 bits per heavy atom. The fraction of sp³-hybridized carbons (Fsp3) is 0.238. The predicted molar refractivity (Wildman–Crippen MR) is 102 cm³/mol. The Labute approximate surface area is 158 Å². The lowest BCUT2D eigenvalue weighted by Crippen LogP contribution is -2.17. The van der Waals surface area contributed by atoms with Gasteiger partial charge in [-0.25, -0.2) is 0 Å². The number of nitrogens with zero attached hydrogens (tertiary/aromatic N) is 1. The first-order valence-electron chi connectivity index (χ1n) is 8.71. The van der Waals surface area contributed by atoms with Crippen LogP contribution in [0.4, 0.5) is 5.69 Å². The molecule has 2 N–H and O–H groups in total. The van der Waals surface area contributed by atoms with E-state index in [2.05, 4.69) is 24.5 Å². The Morgan fingerprint density at radius 1 is 1.22 bits per heavy atom. The Morgan fingerprint density at radius 3 is 2.78 bits per heavy atom. The van der Waals surface area contributed by atoms with Gasteiger partial charge in [0.15, 0.2) is 11.5 Å². The van der Waals surface area contributed by atoms with Gasteiger partial charge in [-0.15, -0.1) is 0 Å². The van der Waals surface area contributed by atoms with Gasteiger partial charge in [-0.3, -0.25) is 4.79 Å². The molecule has 0 fully saturated rings. The number of nitrogens with one attached hydrogen (secondary N) is 2. The molecule has 1 amide bonds. The minimum Gasteiger partial charge on any atom is -0.454 e. The van der Waals surface area contributed by atoms with Crippen LogP contribution in [0.25, 0.3) is 0 Å². The Balaban J connectivity index is 1.64. The molecule has 138 valence electrons. The van der Waals surface area contributed by atoms with Crippen molar-refractivity contribution in [2.24, 2.45) is 0 Å². The lowest BCUT2D eigenvalue weighted by atomic mass is 10.0. The van der Waals surface area contributed by atoms with Crippen molar-refractivity contribution in [2.75, 3.05) is 12.1 Å². The molecular weight excluding hydrogens is 342 g/mol. The van der Waals surface area contributed by atoms with E-state index in [0.29, 0.717) is 12.3 Å².